The fraction of sp³-hybridized carbons (Fsp3) is 0.0625. The third kappa shape index (κ3) is 4.88. The van der Waals surface area contributed by atoms with E-state index in [2.05, 4.69) is 0 Å². The molecule has 0 fully saturated rings. The summed E-state index contributed by atoms with van der Waals surface area (Å²) in [5, 5.41) is 0.973. The smallest absolute Gasteiger partial charge is 0.331 e. The summed E-state index contributed by atoms with van der Waals surface area (Å²) >= 11 is 11.8. The van der Waals surface area contributed by atoms with Crippen molar-refractivity contribution in [1.82, 2.24) is 0 Å². The number of carbonyl (C=O) groups is 1. The van der Waals surface area contributed by atoms with Crippen molar-refractivity contribution in [3.8, 4) is 0 Å². The molecular formula is C16H11Cl2FO2. The molecule has 21 heavy (non-hydrogen) atoms. The Morgan fingerprint density at radius 2 is 1.86 bits per heavy atom. The molecule has 5 heteroatoms. The lowest BCUT2D eigenvalue weighted by Gasteiger charge is -2.02. The highest BCUT2D eigenvalue weighted by Gasteiger charge is 2.01. The number of esters is 1. The maximum absolute atomic E-state index is 12.7. The second-order valence-electron chi connectivity index (χ2n) is 4.23. The van der Waals surface area contributed by atoms with Crippen molar-refractivity contribution in [3.63, 3.8) is 0 Å². The molecule has 0 N–H and O–H groups in total. The number of benzene rings is 2. The molecule has 0 unspecified atom stereocenters. The monoisotopic (exact) mass is 324 g/mol. The largest absolute Gasteiger partial charge is 0.458 e. The van der Waals surface area contributed by atoms with Gasteiger partial charge < -0.3 is 4.74 Å². The summed E-state index contributed by atoms with van der Waals surface area (Å²) in [5.74, 6) is -0.840. The van der Waals surface area contributed by atoms with Gasteiger partial charge in [-0.2, -0.15) is 0 Å². The summed E-state index contributed by atoms with van der Waals surface area (Å²) < 4.78 is 17.8. The highest BCUT2D eigenvalue weighted by atomic mass is 35.5. The van der Waals surface area contributed by atoms with E-state index >= 15 is 0 Å². The van der Waals surface area contributed by atoms with E-state index in [0.29, 0.717) is 21.2 Å². The Hall–Kier alpha value is -1.84. The van der Waals surface area contributed by atoms with Crippen LogP contribution in [-0.2, 0) is 16.1 Å². The first-order valence-corrected chi connectivity index (χ1v) is 6.84. The molecule has 0 aliphatic rings. The van der Waals surface area contributed by atoms with Crippen LogP contribution >= 0.6 is 23.2 Å². The molecule has 2 aromatic carbocycles. The zero-order valence-corrected chi connectivity index (χ0v) is 12.4. The van der Waals surface area contributed by atoms with Crippen molar-refractivity contribution >= 4 is 35.2 Å². The van der Waals surface area contributed by atoms with Crippen LogP contribution in [-0.4, -0.2) is 5.97 Å². The first kappa shape index (κ1) is 15.5. The van der Waals surface area contributed by atoms with Crippen LogP contribution in [0.3, 0.4) is 0 Å². The standard InChI is InChI=1S/C16H11Cl2FO2/c17-13-5-3-12(15(18)9-13)4-8-16(20)21-10-11-1-6-14(19)7-2-11/h1-9H,10H2. The molecule has 0 radical (unpaired) electrons. The predicted molar refractivity (Wildman–Crippen MR) is 81.7 cm³/mol. The highest BCUT2D eigenvalue weighted by Crippen LogP contribution is 2.22. The van der Waals surface area contributed by atoms with Gasteiger partial charge in [-0.05, 0) is 41.5 Å². The summed E-state index contributed by atoms with van der Waals surface area (Å²) in [6.07, 6.45) is 2.82. The maximum Gasteiger partial charge on any atom is 0.331 e. The Labute approximate surface area is 131 Å². The van der Waals surface area contributed by atoms with Crippen LogP contribution in [0.2, 0.25) is 10.0 Å². The molecule has 108 valence electrons. The lowest BCUT2D eigenvalue weighted by molar-refractivity contribution is -0.138. The molecule has 0 saturated heterocycles. The molecule has 2 nitrogen and oxygen atoms in total. The summed E-state index contributed by atoms with van der Waals surface area (Å²) in [6, 6.07) is 10.7. The average molecular weight is 325 g/mol. The lowest BCUT2D eigenvalue weighted by atomic mass is 10.2. The topological polar surface area (TPSA) is 26.3 Å². The van der Waals surface area contributed by atoms with Crippen LogP contribution in [0.1, 0.15) is 11.1 Å². The molecule has 0 aliphatic carbocycles. The molecule has 0 aromatic heterocycles. The van der Waals surface area contributed by atoms with E-state index in [1.165, 1.54) is 18.2 Å². The van der Waals surface area contributed by atoms with Crippen molar-refractivity contribution in [2.45, 2.75) is 6.61 Å². The van der Waals surface area contributed by atoms with Crippen LogP contribution in [0.5, 0.6) is 0 Å². The second-order valence-corrected chi connectivity index (χ2v) is 5.08. The van der Waals surface area contributed by atoms with Crippen molar-refractivity contribution in [1.29, 1.82) is 0 Å². The van der Waals surface area contributed by atoms with Gasteiger partial charge in [0.1, 0.15) is 12.4 Å². The van der Waals surface area contributed by atoms with E-state index in [-0.39, 0.29) is 12.4 Å². The molecule has 0 amide bonds. The van der Waals surface area contributed by atoms with Crippen LogP contribution < -0.4 is 0 Å². The quantitative estimate of drug-likeness (QED) is 0.591. The molecule has 0 atom stereocenters. The van der Waals surface area contributed by atoms with Crippen molar-refractivity contribution in [2.24, 2.45) is 0 Å². The van der Waals surface area contributed by atoms with E-state index in [9.17, 15) is 9.18 Å². The number of rotatable bonds is 4. The second kappa shape index (κ2) is 7.25. The van der Waals surface area contributed by atoms with Gasteiger partial charge in [0.05, 0.1) is 0 Å². The minimum Gasteiger partial charge on any atom is -0.458 e. The van der Waals surface area contributed by atoms with Gasteiger partial charge in [-0.15, -0.1) is 0 Å². The summed E-state index contributed by atoms with van der Waals surface area (Å²) in [5.41, 5.74) is 1.38. The Morgan fingerprint density at radius 1 is 1.14 bits per heavy atom. The van der Waals surface area contributed by atoms with Gasteiger partial charge in [0, 0.05) is 16.1 Å². The van der Waals surface area contributed by atoms with E-state index in [1.807, 2.05) is 0 Å². The maximum atomic E-state index is 12.7. The van der Waals surface area contributed by atoms with Crippen molar-refractivity contribution in [2.75, 3.05) is 0 Å². The molecule has 0 spiro atoms. The summed E-state index contributed by atoms with van der Waals surface area (Å²) in [4.78, 5) is 11.6. The molecule has 0 bridgehead atoms. The van der Waals surface area contributed by atoms with Gasteiger partial charge in [0.2, 0.25) is 0 Å². The SMILES string of the molecule is O=C(C=Cc1ccc(Cl)cc1Cl)OCc1ccc(F)cc1. The van der Waals surface area contributed by atoms with Crippen molar-refractivity contribution < 1.29 is 13.9 Å². The Kier molecular flexibility index (Phi) is 5.37. The Balaban J connectivity index is 1.92. The fourth-order valence-electron chi connectivity index (χ4n) is 1.58. The minimum absolute atomic E-state index is 0.0812. The van der Waals surface area contributed by atoms with Gasteiger partial charge >= 0.3 is 5.97 Å². The van der Waals surface area contributed by atoms with Crippen LogP contribution in [0.25, 0.3) is 6.08 Å². The van der Waals surface area contributed by atoms with Gasteiger partial charge in [0.25, 0.3) is 0 Å². The number of carbonyl (C=O) groups excluding carboxylic acids is 1. The van der Waals surface area contributed by atoms with Crippen LogP contribution in [0.4, 0.5) is 4.39 Å². The van der Waals surface area contributed by atoms with Crippen LogP contribution in [0, 0.1) is 5.82 Å². The molecular weight excluding hydrogens is 314 g/mol. The molecule has 0 aliphatic heterocycles. The first-order valence-electron chi connectivity index (χ1n) is 6.09. The van der Waals surface area contributed by atoms with E-state index < -0.39 is 5.97 Å². The third-order valence-corrected chi connectivity index (χ3v) is 3.22. The zero-order chi connectivity index (χ0) is 15.2. The molecule has 0 heterocycles. The Bertz CT molecular complexity index is 666. The Morgan fingerprint density at radius 3 is 2.52 bits per heavy atom. The fourth-order valence-corrected chi connectivity index (χ4v) is 2.05. The molecule has 2 rings (SSSR count). The normalized spacial score (nSPS) is 10.8. The molecule has 0 saturated carbocycles. The summed E-state index contributed by atoms with van der Waals surface area (Å²) in [6.45, 7) is 0.0812. The van der Waals surface area contributed by atoms with E-state index in [4.69, 9.17) is 27.9 Å². The third-order valence-electron chi connectivity index (χ3n) is 2.66. The molecule has 2 aromatic rings. The predicted octanol–water partition coefficient (Wildman–Crippen LogP) is 4.89. The van der Waals surface area contributed by atoms with E-state index in [1.54, 1.807) is 36.4 Å². The number of hydrogen-bond acceptors (Lipinski definition) is 2. The highest BCUT2D eigenvalue weighted by molar-refractivity contribution is 6.35. The first-order chi connectivity index (χ1) is 10.0. The number of halogens is 3. The van der Waals surface area contributed by atoms with Gasteiger partial charge in [-0.3, -0.25) is 0 Å². The number of hydrogen-bond donors (Lipinski definition) is 0. The summed E-state index contributed by atoms with van der Waals surface area (Å²) in [7, 11) is 0. The van der Waals surface area contributed by atoms with Gasteiger partial charge in [0.15, 0.2) is 0 Å². The van der Waals surface area contributed by atoms with Gasteiger partial charge in [-0.25, -0.2) is 9.18 Å². The van der Waals surface area contributed by atoms with Crippen molar-refractivity contribution in [3.05, 3.63) is 75.5 Å². The van der Waals surface area contributed by atoms with E-state index in [0.717, 1.165) is 0 Å². The zero-order valence-electron chi connectivity index (χ0n) is 10.9. The van der Waals surface area contributed by atoms with Crippen LogP contribution in [0.15, 0.2) is 48.5 Å². The van der Waals surface area contributed by atoms with Gasteiger partial charge in [-0.1, -0.05) is 41.4 Å². The number of ether oxygens (including phenoxy) is 1. The lowest BCUT2D eigenvalue weighted by Crippen LogP contribution is -2.00. The minimum atomic E-state index is -0.509. The average Bonchev–Trinajstić information content (AvgIpc) is 2.46.